The summed E-state index contributed by atoms with van der Waals surface area (Å²) in [7, 11) is 0. The Labute approximate surface area is 119 Å². The molecule has 1 saturated heterocycles. The molecule has 0 aromatic rings. The molecule has 2 heteroatoms. The highest BCUT2D eigenvalue weighted by atomic mass is 16.2. The van der Waals surface area contributed by atoms with Crippen molar-refractivity contribution >= 4 is 5.91 Å². The first kappa shape index (κ1) is 16.3. The number of hydrogen-bond donors (Lipinski definition) is 0. The van der Waals surface area contributed by atoms with E-state index < -0.39 is 0 Å². The van der Waals surface area contributed by atoms with Crippen molar-refractivity contribution in [3.8, 4) is 0 Å². The quantitative estimate of drug-likeness (QED) is 0.595. The number of carbonyl (C=O) groups is 1. The Morgan fingerprint density at radius 2 is 1.84 bits per heavy atom. The Kier molecular flexibility index (Phi) is 7.85. The molecule has 0 atom stereocenters. The Hall–Kier alpha value is -0.790. The van der Waals surface area contributed by atoms with E-state index in [0.717, 1.165) is 31.3 Å². The molecule has 0 saturated carbocycles. The molecule has 110 valence electrons. The van der Waals surface area contributed by atoms with Gasteiger partial charge in [0.1, 0.15) is 0 Å². The third-order valence-electron chi connectivity index (χ3n) is 4.44. The lowest BCUT2D eigenvalue weighted by molar-refractivity contribution is -0.132. The highest BCUT2D eigenvalue weighted by molar-refractivity contribution is 5.76. The summed E-state index contributed by atoms with van der Waals surface area (Å²) < 4.78 is 0. The van der Waals surface area contributed by atoms with Crippen LogP contribution in [0.4, 0.5) is 0 Å². The van der Waals surface area contributed by atoms with E-state index in [2.05, 4.69) is 25.3 Å². The SMILES string of the molecule is C=CCCC(=O)N1CCC(C(CCC)CCC)CC1. The van der Waals surface area contributed by atoms with Crippen LogP contribution in [0.2, 0.25) is 0 Å². The van der Waals surface area contributed by atoms with Gasteiger partial charge in [-0.2, -0.15) is 0 Å². The first-order valence-corrected chi connectivity index (χ1v) is 8.11. The largest absolute Gasteiger partial charge is 0.343 e. The van der Waals surface area contributed by atoms with Crippen LogP contribution in [0.15, 0.2) is 12.7 Å². The normalized spacial score (nSPS) is 16.9. The summed E-state index contributed by atoms with van der Waals surface area (Å²) >= 11 is 0. The lowest BCUT2D eigenvalue weighted by atomic mass is 9.79. The van der Waals surface area contributed by atoms with Crippen LogP contribution in [-0.4, -0.2) is 23.9 Å². The van der Waals surface area contributed by atoms with Crippen molar-refractivity contribution in [2.24, 2.45) is 11.8 Å². The number of nitrogens with zero attached hydrogens (tertiary/aromatic N) is 1. The van der Waals surface area contributed by atoms with Gasteiger partial charge in [0.15, 0.2) is 0 Å². The van der Waals surface area contributed by atoms with E-state index in [4.69, 9.17) is 0 Å². The zero-order valence-corrected chi connectivity index (χ0v) is 12.9. The van der Waals surface area contributed by atoms with Crippen LogP contribution in [0, 0.1) is 11.8 Å². The van der Waals surface area contributed by atoms with Crippen molar-refractivity contribution in [3.63, 3.8) is 0 Å². The highest BCUT2D eigenvalue weighted by Gasteiger charge is 2.27. The van der Waals surface area contributed by atoms with Gasteiger partial charge in [0.25, 0.3) is 0 Å². The second-order valence-electron chi connectivity index (χ2n) is 5.88. The minimum absolute atomic E-state index is 0.320. The summed E-state index contributed by atoms with van der Waals surface area (Å²) in [4.78, 5) is 14.0. The number of amides is 1. The van der Waals surface area contributed by atoms with Crippen LogP contribution < -0.4 is 0 Å². The number of rotatable bonds is 8. The van der Waals surface area contributed by atoms with E-state index in [9.17, 15) is 4.79 Å². The maximum absolute atomic E-state index is 12.0. The zero-order chi connectivity index (χ0) is 14.1. The predicted octanol–water partition coefficient (Wildman–Crippen LogP) is 4.41. The van der Waals surface area contributed by atoms with Crippen LogP contribution in [0.1, 0.15) is 65.2 Å². The molecule has 1 aliphatic rings. The van der Waals surface area contributed by atoms with E-state index in [1.54, 1.807) is 0 Å². The van der Waals surface area contributed by atoms with Crippen LogP contribution in [-0.2, 0) is 4.79 Å². The van der Waals surface area contributed by atoms with E-state index in [1.807, 2.05) is 6.08 Å². The fraction of sp³-hybridized carbons (Fsp3) is 0.824. The van der Waals surface area contributed by atoms with Gasteiger partial charge in [-0.1, -0.05) is 45.6 Å². The second kappa shape index (κ2) is 9.17. The predicted molar refractivity (Wildman–Crippen MR) is 82.0 cm³/mol. The lowest BCUT2D eigenvalue weighted by Crippen LogP contribution is -2.40. The highest BCUT2D eigenvalue weighted by Crippen LogP contribution is 2.31. The van der Waals surface area contributed by atoms with Crippen molar-refractivity contribution in [3.05, 3.63) is 12.7 Å². The summed E-state index contributed by atoms with van der Waals surface area (Å²) in [5.41, 5.74) is 0. The Morgan fingerprint density at radius 1 is 1.26 bits per heavy atom. The minimum atomic E-state index is 0.320. The van der Waals surface area contributed by atoms with Gasteiger partial charge in [-0.05, 0) is 31.1 Å². The van der Waals surface area contributed by atoms with Crippen molar-refractivity contribution in [1.29, 1.82) is 0 Å². The monoisotopic (exact) mass is 265 g/mol. The molecule has 0 N–H and O–H groups in total. The molecule has 19 heavy (non-hydrogen) atoms. The average Bonchev–Trinajstić information content (AvgIpc) is 2.44. The third-order valence-corrected chi connectivity index (χ3v) is 4.44. The maximum atomic E-state index is 12.0. The Bertz CT molecular complexity index is 260. The van der Waals surface area contributed by atoms with E-state index in [0.29, 0.717) is 12.3 Å². The molecule has 2 nitrogen and oxygen atoms in total. The zero-order valence-electron chi connectivity index (χ0n) is 12.9. The number of carbonyl (C=O) groups excluding carboxylic acids is 1. The maximum Gasteiger partial charge on any atom is 0.222 e. The molecular weight excluding hydrogens is 234 g/mol. The van der Waals surface area contributed by atoms with Crippen LogP contribution in [0.25, 0.3) is 0 Å². The number of hydrogen-bond acceptors (Lipinski definition) is 1. The molecule has 1 fully saturated rings. The fourth-order valence-electron chi connectivity index (χ4n) is 3.36. The summed E-state index contributed by atoms with van der Waals surface area (Å²) in [6.07, 6.45) is 11.0. The van der Waals surface area contributed by atoms with Crippen LogP contribution in [0.3, 0.4) is 0 Å². The molecule has 0 aromatic heterocycles. The van der Waals surface area contributed by atoms with Crippen molar-refractivity contribution < 1.29 is 4.79 Å². The fourth-order valence-corrected chi connectivity index (χ4v) is 3.36. The van der Waals surface area contributed by atoms with E-state index in [-0.39, 0.29) is 0 Å². The second-order valence-corrected chi connectivity index (χ2v) is 5.88. The topological polar surface area (TPSA) is 20.3 Å². The molecular formula is C17H31NO. The molecule has 0 aromatic carbocycles. The number of allylic oxidation sites excluding steroid dienone is 1. The van der Waals surface area contributed by atoms with Gasteiger partial charge < -0.3 is 4.90 Å². The third kappa shape index (κ3) is 5.38. The molecule has 0 bridgehead atoms. The van der Waals surface area contributed by atoms with Crippen molar-refractivity contribution in [1.82, 2.24) is 4.90 Å². The number of piperidine rings is 1. The van der Waals surface area contributed by atoms with Gasteiger partial charge in [0, 0.05) is 19.5 Å². The smallest absolute Gasteiger partial charge is 0.222 e. The van der Waals surface area contributed by atoms with Crippen molar-refractivity contribution in [2.45, 2.75) is 65.2 Å². The van der Waals surface area contributed by atoms with Crippen LogP contribution >= 0.6 is 0 Å². The van der Waals surface area contributed by atoms with E-state index >= 15 is 0 Å². The molecule has 1 amide bonds. The average molecular weight is 265 g/mol. The van der Waals surface area contributed by atoms with Gasteiger partial charge in [0.2, 0.25) is 5.91 Å². The summed E-state index contributed by atoms with van der Waals surface area (Å²) in [6.45, 7) is 10.2. The standard InChI is InChI=1S/C17H31NO/c1-4-7-10-17(19)18-13-11-16(12-14-18)15(8-5-2)9-6-3/h4,15-16H,1,5-14H2,2-3H3. The van der Waals surface area contributed by atoms with Gasteiger partial charge in [0.05, 0.1) is 0 Å². The molecule has 0 unspecified atom stereocenters. The Balaban J connectivity index is 2.37. The van der Waals surface area contributed by atoms with Gasteiger partial charge in [-0.15, -0.1) is 6.58 Å². The Morgan fingerprint density at radius 3 is 2.32 bits per heavy atom. The summed E-state index contributed by atoms with van der Waals surface area (Å²) in [6, 6.07) is 0. The van der Waals surface area contributed by atoms with Gasteiger partial charge in [-0.3, -0.25) is 4.79 Å². The van der Waals surface area contributed by atoms with E-state index in [1.165, 1.54) is 38.5 Å². The van der Waals surface area contributed by atoms with Crippen molar-refractivity contribution in [2.75, 3.05) is 13.1 Å². The van der Waals surface area contributed by atoms with Gasteiger partial charge >= 0.3 is 0 Å². The molecule has 0 aliphatic carbocycles. The molecule has 1 rings (SSSR count). The minimum Gasteiger partial charge on any atom is -0.343 e. The lowest BCUT2D eigenvalue weighted by Gasteiger charge is -2.36. The molecule has 1 heterocycles. The molecule has 1 aliphatic heterocycles. The summed E-state index contributed by atoms with van der Waals surface area (Å²) in [5, 5.41) is 0. The van der Waals surface area contributed by atoms with Gasteiger partial charge in [-0.25, -0.2) is 0 Å². The number of likely N-dealkylation sites (tertiary alicyclic amines) is 1. The first-order chi connectivity index (χ1) is 9.22. The van der Waals surface area contributed by atoms with Crippen LogP contribution in [0.5, 0.6) is 0 Å². The molecule has 0 radical (unpaired) electrons. The first-order valence-electron chi connectivity index (χ1n) is 8.11. The summed E-state index contributed by atoms with van der Waals surface area (Å²) in [5.74, 6) is 2.06. The molecule has 0 spiro atoms.